The van der Waals surface area contributed by atoms with Gasteiger partial charge in [0.05, 0.1) is 5.52 Å². The maximum atomic E-state index is 4.92. The lowest BCUT2D eigenvalue weighted by molar-refractivity contribution is 0.956. The minimum atomic E-state index is 0.206. The van der Waals surface area contributed by atoms with Crippen LogP contribution in [-0.4, -0.2) is 16.3 Å². The number of benzene rings is 4. The zero-order valence-corrected chi connectivity index (χ0v) is 18.1. The average Bonchev–Trinajstić information content (AvgIpc) is 3.21. The van der Waals surface area contributed by atoms with E-state index in [-0.39, 0.29) is 6.71 Å². The SMILES string of the molecule is c1ccc(B2c3ccccc3Cc3c2c2ccccc2n3-c2cc3ccccc3cn2)cc1. The number of hydrogen-bond donors (Lipinski definition) is 0. The van der Waals surface area contributed by atoms with Crippen molar-refractivity contribution in [3.63, 3.8) is 0 Å². The first-order valence-electron chi connectivity index (χ1n) is 11.5. The number of pyridine rings is 1. The van der Waals surface area contributed by atoms with Crippen LogP contribution in [0.4, 0.5) is 0 Å². The van der Waals surface area contributed by atoms with Gasteiger partial charge in [-0.25, -0.2) is 4.98 Å². The highest BCUT2D eigenvalue weighted by Gasteiger charge is 2.35. The van der Waals surface area contributed by atoms with Crippen LogP contribution in [0.25, 0.3) is 27.5 Å². The monoisotopic (exact) mass is 420 g/mol. The Kier molecular flexibility index (Phi) is 4.04. The van der Waals surface area contributed by atoms with Gasteiger partial charge in [0.15, 0.2) is 0 Å². The Morgan fingerprint density at radius 1 is 0.697 bits per heavy atom. The van der Waals surface area contributed by atoms with Crippen molar-refractivity contribution in [1.29, 1.82) is 0 Å². The molecule has 0 saturated carbocycles. The molecule has 1 aliphatic rings. The quantitative estimate of drug-likeness (QED) is 0.374. The summed E-state index contributed by atoms with van der Waals surface area (Å²) < 4.78 is 2.39. The smallest absolute Gasteiger partial charge is 0.244 e. The van der Waals surface area contributed by atoms with E-state index in [1.54, 1.807) is 0 Å². The van der Waals surface area contributed by atoms with Crippen molar-refractivity contribution in [2.45, 2.75) is 6.42 Å². The van der Waals surface area contributed by atoms with Crippen LogP contribution in [0.5, 0.6) is 0 Å². The molecule has 0 fully saturated rings. The largest absolute Gasteiger partial charge is 0.298 e. The van der Waals surface area contributed by atoms with Gasteiger partial charge in [-0.2, -0.15) is 0 Å². The molecule has 2 aromatic heterocycles. The first-order chi connectivity index (χ1) is 16.4. The maximum absolute atomic E-state index is 4.92. The summed E-state index contributed by atoms with van der Waals surface area (Å²) in [6.07, 6.45) is 2.90. The lowest BCUT2D eigenvalue weighted by Crippen LogP contribution is -2.56. The molecule has 0 N–H and O–H groups in total. The molecule has 33 heavy (non-hydrogen) atoms. The Labute approximate surface area is 193 Å². The Morgan fingerprint density at radius 3 is 2.33 bits per heavy atom. The summed E-state index contributed by atoms with van der Waals surface area (Å²) in [5, 5.41) is 3.69. The van der Waals surface area contributed by atoms with Crippen LogP contribution in [0.15, 0.2) is 115 Å². The maximum Gasteiger partial charge on any atom is 0.244 e. The standard InChI is InChI=1S/C30H21BN2/c1-2-13-24(14-3-1)31-26-16-8-6-11-22(26)18-28-30(31)25-15-7-9-17-27(25)33(28)29-19-21-10-4-5-12-23(21)20-32-29/h1-17,19-20H,18H2. The predicted octanol–water partition coefficient (Wildman–Crippen LogP) is 4.60. The van der Waals surface area contributed by atoms with Gasteiger partial charge in [-0.15, -0.1) is 0 Å². The normalized spacial score (nSPS) is 12.7. The zero-order chi connectivity index (χ0) is 21.8. The van der Waals surface area contributed by atoms with Gasteiger partial charge in [-0.05, 0) is 33.9 Å². The van der Waals surface area contributed by atoms with Gasteiger partial charge in [-0.3, -0.25) is 4.57 Å². The Morgan fingerprint density at radius 2 is 1.42 bits per heavy atom. The minimum absolute atomic E-state index is 0.206. The number of para-hydroxylation sites is 1. The van der Waals surface area contributed by atoms with Crippen molar-refractivity contribution < 1.29 is 0 Å². The first kappa shape index (κ1) is 18.5. The Hall–Kier alpha value is -4.11. The van der Waals surface area contributed by atoms with Crippen LogP contribution in [0, 0.1) is 0 Å². The topological polar surface area (TPSA) is 17.8 Å². The minimum Gasteiger partial charge on any atom is -0.298 e. The highest BCUT2D eigenvalue weighted by atomic mass is 15.1. The molecular formula is C30H21BN2. The summed E-state index contributed by atoms with van der Waals surface area (Å²) in [6.45, 7) is 0.206. The summed E-state index contributed by atoms with van der Waals surface area (Å²) in [4.78, 5) is 4.92. The first-order valence-corrected chi connectivity index (χ1v) is 11.5. The second-order valence-electron chi connectivity index (χ2n) is 8.82. The van der Waals surface area contributed by atoms with Crippen LogP contribution in [0.3, 0.4) is 0 Å². The van der Waals surface area contributed by atoms with Gasteiger partial charge in [0.1, 0.15) is 5.82 Å². The Bertz CT molecular complexity index is 1650. The predicted molar refractivity (Wildman–Crippen MR) is 139 cm³/mol. The van der Waals surface area contributed by atoms with E-state index in [0.717, 1.165) is 12.2 Å². The third-order valence-corrected chi connectivity index (χ3v) is 7.01. The number of rotatable bonds is 2. The van der Waals surface area contributed by atoms with E-state index in [9.17, 15) is 0 Å². The van der Waals surface area contributed by atoms with E-state index in [2.05, 4.69) is 114 Å². The number of aromatic nitrogens is 2. The molecule has 0 atom stereocenters. The second kappa shape index (κ2) is 7.21. The van der Waals surface area contributed by atoms with Crippen LogP contribution in [0.1, 0.15) is 11.3 Å². The molecule has 6 aromatic rings. The third-order valence-electron chi connectivity index (χ3n) is 7.01. The molecule has 3 heterocycles. The van der Waals surface area contributed by atoms with Crippen LogP contribution < -0.4 is 16.4 Å². The highest BCUT2D eigenvalue weighted by molar-refractivity contribution is 6.97. The van der Waals surface area contributed by atoms with Gasteiger partial charge >= 0.3 is 0 Å². The summed E-state index contributed by atoms with van der Waals surface area (Å²) in [6, 6.07) is 39.3. The fourth-order valence-corrected chi connectivity index (χ4v) is 5.57. The molecule has 4 aromatic carbocycles. The fourth-order valence-electron chi connectivity index (χ4n) is 5.57. The van der Waals surface area contributed by atoms with Crippen molar-refractivity contribution in [3.05, 3.63) is 127 Å². The molecule has 0 amide bonds. The molecule has 0 aliphatic carbocycles. The molecule has 0 saturated heterocycles. The van der Waals surface area contributed by atoms with Crippen LogP contribution >= 0.6 is 0 Å². The van der Waals surface area contributed by atoms with Gasteiger partial charge in [-0.1, -0.05) is 108 Å². The zero-order valence-electron chi connectivity index (χ0n) is 18.1. The van der Waals surface area contributed by atoms with Crippen molar-refractivity contribution in [2.24, 2.45) is 0 Å². The summed E-state index contributed by atoms with van der Waals surface area (Å²) in [5.74, 6) is 0.984. The van der Waals surface area contributed by atoms with Gasteiger partial charge in [0, 0.05) is 23.7 Å². The number of nitrogens with zero attached hydrogens (tertiary/aromatic N) is 2. The second-order valence-corrected chi connectivity index (χ2v) is 8.82. The van der Waals surface area contributed by atoms with E-state index in [4.69, 9.17) is 4.98 Å². The van der Waals surface area contributed by atoms with Crippen LogP contribution in [0.2, 0.25) is 0 Å². The molecule has 1 aliphatic heterocycles. The van der Waals surface area contributed by atoms with Crippen molar-refractivity contribution in [3.8, 4) is 5.82 Å². The van der Waals surface area contributed by atoms with E-state index >= 15 is 0 Å². The molecule has 3 heteroatoms. The molecule has 154 valence electrons. The molecule has 2 nitrogen and oxygen atoms in total. The average molecular weight is 420 g/mol. The van der Waals surface area contributed by atoms with Crippen LogP contribution in [-0.2, 0) is 6.42 Å². The Balaban J connectivity index is 1.57. The highest BCUT2D eigenvalue weighted by Crippen LogP contribution is 2.28. The summed E-state index contributed by atoms with van der Waals surface area (Å²) >= 11 is 0. The molecule has 0 spiro atoms. The van der Waals surface area contributed by atoms with E-state index in [1.165, 1.54) is 49.3 Å². The number of fused-ring (bicyclic) bond motifs is 5. The third kappa shape index (κ3) is 2.79. The van der Waals surface area contributed by atoms with Gasteiger partial charge in [0.25, 0.3) is 0 Å². The lowest BCUT2D eigenvalue weighted by atomic mass is 9.34. The van der Waals surface area contributed by atoms with Crippen molar-refractivity contribution in [1.82, 2.24) is 9.55 Å². The van der Waals surface area contributed by atoms with E-state index in [1.807, 2.05) is 6.20 Å². The van der Waals surface area contributed by atoms with E-state index < -0.39 is 0 Å². The van der Waals surface area contributed by atoms with E-state index in [0.29, 0.717) is 0 Å². The molecule has 0 bridgehead atoms. The van der Waals surface area contributed by atoms with Gasteiger partial charge in [0.2, 0.25) is 6.71 Å². The summed E-state index contributed by atoms with van der Waals surface area (Å²) in [5.41, 5.74) is 8.10. The van der Waals surface area contributed by atoms with Crippen molar-refractivity contribution >= 4 is 44.8 Å². The van der Waals surface area contributed by atoms with Crippen molar-refractivity contribution in [2.75, 3.05) is 0 Å². The molecular weight excluding hydrogens is 399 g/mol. The number of hydrogen-bond acceptors (Lipinski definition) is 1. The molecule has 0 unspecified atom stereocenters. The lowest BCUT2D eigenvalue weighted by Gasteiger charge is -2.26. The fraction of sp³-hybridized carbons (Fsp3) is 0.0333. The molecule has 0 radical (unpaired) electrons. The molecule has 7 rings (SSSR count). The van der Waals surface area contributed by atoms with Gasteiger partial charge < -0.3 is 0 Å². The summed E-state index contributed by atoms with van der Waals surface area (Å²) in [7, 11) is 0.